The first-order chi connectivity index (χ1) is 11.3. The van der Waals surface area contributed by atoms with E-state index in [0.29, 0.717) is 16.5 Å². The molecule has 2 aromatic carbocycles. The summed E-state index contributed by atoms with van der Waals surface area (Å²) in [5.41, 5.74) is 3.13. The number of hydrogen-bond acceptors (Lipinski definition) is 3. The minimum absolute atomic E-state index is 0.380. The Morgan fingerprint density at radius 1 is 1.12 bits per heavy atom. The average Bonchev–Trinajstić information content (AvgIpc) is 3.11. The maximum Gasteiger partial charge on any atom is 0.416 e. The van der Waals surface area contributed by atoms with E-state index in [4.69, 9.17) is 0 Å². The predicted octanol–water partition coefficient (Wildman–Crippen LogP) is 4.05. The summed E-state index contributed by atoms with van der Waals surface area (Å²) >= 11 is 0. The van der Waals surface area contributed by atoms with E-state index in [-0.39, 0.29) is 0 Å². The van der Waals surface area contributed by atoms with Gasteiger partial charge >= 0.3 is 6.18 Å². The predicted molar refractivity (Wildman–Crippen MR) is 86.4 cm³/mol. The normalized spacial score (nSPS) is 15.3. The van der Waals surface area contributed by atoms with Crippen LogP contribution >= 0.6 is 0 Å². The van der Waals surface area contributed by atoms with Crippen LogP contribution in [0.4, 0.5) is 18.9 Å². The Kier molecular flexibility index (Phi) is 3.11. The van der Waals surface area contributed by atoms with Gasteiger partial charge in [-0.1, -0.05) is 12.1 Å². The van der Waals surface area contributed by atoms with E-state index in [1.54, 1.807) is 6.20 Å². The van der Waals surface area contributed by atoms with Gasteiger partial charge in [0, 0.05) is 26.0 Å². The van der Waals surface area contributed by atoms with Gasteiger partial charge in [-0.05, 0) is 34.9 Å². The number of aromatic nitrogens is 2. The third kappa shape index (κ3) is 2.24. The number of fused-ring (bicyclic) bond motifs is 2. The summed E-state index contributed by atoms with van der Waals surface area (Å²) in [5.74, 6) is 0. The average molecular weight is 332 g/mol. The fourth-order valence-corrected chi connectivity index (χ4v) is 3.16. The first-order valence-corrected chi connectivity index (χ1v) is 7.47. The van der Waals surface area contributed by atoms with E-state index in [1.165, 1.54) is 6.07 Å². The summed E-state index contributed by atoms with van der Waals surface area (Å²) in [7, 11) is 3.91. The van der Waals surface area contributed by atoms with Crippen LogP contribution in [0, 0.1) is 0 Å². The molecule has 124 valence electrons. The number of aromatic amines is 1. The Bertz CT molecular complexity index is 929. The number of alkyl halides is 3. The van der Waals surface area contributed by atoms with Crippen LogP contribution in [-0.4, -0.2) is 29.3 Å². The molecule has 0 amide bonds. The van der Waals surface area contributed by atoms with Gasteiger partial charge < -0.3 is 5.01 Å². The van der Waals surface area contributed by atoms with Gasteiger partial charge in [-0.2, -0.15) is 18.3 Å². The van der Waals surface area contributed by atoms with Crippen molar-refractivity contribution in [3.63, 3.8) is 0 Å². The number of hydrogen-bond donors (Lipinski definition) is 1. The number of H-pyrrole nitrogens is 1. The molecule has 0 aliphatic carbocycles. The highest BCUT2D eigenvalue weighted by atomic mass is 19.4. The summed E-state index contributed by atoms with van der Waals surface area (Å²) in [6, 6.07) is 8.06. The minimum Gasteiger partial charge on any atom is -0.308 e. The third-order valence-electron chi connectivity index (χ3n) is 4.54. The van der Waals surface area contributed by atoms with Gasteiger partial charge in [0.25, 0.3) is 0 Å². The third-order valence-corrected chi connectivity index (χ3v) is 4.54. The molecule has 1 aliphatic rings. The molecule has 0 fully saturated rings. The van der Waals surface area contributed by atoms with Crippen LogP contribution in [0.5, 0.6) is 0 Å². The van der Waals surface area contributed by atoms with Crippen molar-refractivity contribution in [2.24, 2.45) is 0 Å². The van der Waals surface area contributed by atoms with Crippen molar-refractivity contribution < 1.29 is 13.2 Å². The van der Waals surface area contributed by atoms with E-state index in [1.807, 2.05) is 42.3 Å². The number of benzene rings is 2. The van der Waals surface area contributed by atoms with Crippen LogP contribution in [-0.2, 0) is 12.7 Å². The molecule has 0 unspecified atom stereocenters. The van der Waals surface area contributed by atoms with Gasteiger partial charge in [0.1, 0.15) is 0 Å². The van der Waals surface area contributed by atoms with Gasteiger partial charge in [0.2, 0.25) is 0 Å². The van der Waals surface area contributed by atoms with Gasteiger partial charge in [-0.15, -0.1) is 0 Å². The molecule has 0 saturated heterocycles. The van der Waals surface area contributed by atoms with E-state index >= 15 is 0 Å². The first kappa shape index (κ1) is 15.0. The van der Waals surface area contributed by atoms with E-state index in [2.05, 4.69) is 10.2 Å². The Balaban J connectivity index is 1.93. The number of rotatable bonds is 1. The molecule has 1 aliphatic heterocycles. The lowest BCUT2D eigenvalue weighted by atomic mass is 9.97. The van der Waals surface area contributed by atoms with Crippen molar-refractivity contribution in [1.29, 1.82) is 0 Å². The van der Waals surface area contributed by atoms with Gasteiger partial charge in [0.05, 0.1) is 23.0 Å². The molecule has 4 rings (SSSR count). The lowest BCUT2D eigenvalue weighted by Crippen LogP contribution is -2.29. The summed E-state index contributed by atoms with van der Waals surface area (Å²) in [6.07, 6.45) is -2.84. The van der Waals surface area contributed by atoms with Crippen molar-refractivity contribution in [1.82, 2.24) is 15.2 Å². The van der Waals surface area contributed by atoms with Crippen molar-refractivity contribution in [3.05, 3.63) is 47.7 Å². The van der Waals surface area contributed by atoms with Crippen LogP contribution in [0.15, 0.2) is 36.5 Å². The molecule has 2 heterocycles. The maximum atomic E-state index is 13.2. The second-order valence-electron chi connectivity index (χ2n) is 6.04. The van der Waals surface area contributed by atoms with Gasteiger partial charge in [0.15, 0.2) is 0 Å². The Morgan fingerprint density at radius 3 is 2.67 bits per heavy atom. The Hall–Kier alpha value is -2.54. The second-order valence-corrected chi connectivity index (χ2v) is 6.04. The molecule has 7 heteroatoms. The fourth-order valence-electron chi connectivity index (χ4n) is 3.16. The molecule has 3 aromatic rings. The van der Waals surface area contributed by atoms with Crippen LogP contribution in [0.1, 0.15) is 11.1 Å². The van der Waals surface area contributed by atoms with E-state index in [0.717, 1.165) is 29.4 Å². The SMILES string of the molecule is CN1Cc2ccc(-c3cc(C(F)(F)F)cc4[nH]ncc34)cc2N1C. The maximum absolute atomic E-state index is 13.2. The highest BCUT2D eigenvalue weighted by Crippen LogP contribution is 2.39. The molecule has 1 N–H and O–H groups in total. The summed E-state index contributed by atoms with van der Waals surface area (Å²) in [5, 5.41) is 11.3. The van der Waals surface area contributed by atoms with Gasteiger partial charge in [-0.25, -0.2) is 5.01 Å². The standard InChI is InChI=1S/C17H15F3N4/c1-23-9-11-4-3-10(5-16(11)24(23)2)13-6-12(17(18,19)20)7-15-14(13)8-21-22-15/h3-8H,9H2,1-2H3,(H,21,22). The molecular formula is C17H15F3N4. The molecule has 0 atom stereocenters. The summed E-state index contributed by atoms with van der Waals surface area (Å²) in [6.45, 7) is 0.788. The number of hydrazine groups is 1. The second kappa shape index (κ2) is 4.98. The van der Waals surface area contributed by atoms with Crippen molar-refractivity contribution in [2.45, 2.75) is 12.7 Å². The number of nitrogens with zero attached hydrogens (tertiary/aromatic N) is 3. The molecule has 4 nitrogen and oxygen atoms in total. The number of nitrogens with one attached hydrogen (secondary N) is 1. The van der Waals surface area contributed by atoms with Crippen molar-refractivity contribution in [2.75, 3.05) is 19.1 Å². The quantitative estimate of drug-likeness (QED) is 0.730. The molecular weight excluding hydrogens is 317 g/mol. The highest BCUT2D eigenvalue weighted by Gasteiger charge is 2.32. The monoisotopic (exact) mass is 332 g/mol. The number of halogens is 3. The Labute approximate surface area is 136 Å². The molecule has 0 spiro atoms. The first-order valence-electron chi connectivity index (χ1n) is 7.47. The molecule has 1 aromatic heterocycles. The van der Waals surface area contributed by atoms with Crippen LogP contribution in [0.3, 0.4) is 0 Å². The highest BCUT2D eigenvalue weighted by molar-refractivity contribution is 5.95. The zero-order valence-electron chi connectivity index (χ0n) is 13.1. The van der Waals surface area contributed by atoms with Crippen molar-refractivity contribution in [3.8, 4) is 11.1 Å². The van der Waals surface area contributed by atoms with E-state index in [9.17, 15) is 13.2 Å². The molecule has 0 saturated carbocycles. The fraction of sp³-hybridized carbons (Fsp3) is 0.235. The molecule has 0 radical (unpaired) electrons. The van der Waals surface area contributed by atoms with Crippen LogP contribution in [0.25, 0.3) is 22.0 Å². The number of anilines is 1. The smallest absolute Gasteiger partial charge is 0.308 e. The summed E-state index contributed by atoms with van der Waals surface area (Å²) in [4.78, 5) is 0. The van der Waals surface area contributed by atoms with Crippen LogP contribution in [0.2, 0.25) is 0 Å². The lowest BCUT2D eigenvalue weighted by molar-refractivity contribution is -0.137. The molecule has 0 bridgehead atoms. The molecule has 24 heavy (non-hydrogen) atoms. The summed E-state index contributed by atoms with van der Waals surface area (Å²) < 4.78 is 39.6. The zero-order valence-corrected chi connectivity index (χ0v) is 13.1. The minimum atomic E-state index is -4.40. The largest absolute Gasteiger partial charge is 0.416 e. The van der Waals surface area contributed by atoms with Crippen molar-refractivity contribution >= 4 is 16.6 Å². The van der Waals surface area contributed by atoms with Gasteiger partial charge in [-0.3, -0.25) is 5.10 Å². The zero-order chi connectivity index (χ0) is 17.1. The van der Waals surface area contributed by atoms with Crippen LogP contribution < -0.4 is 5.01 Å². The Morgan fingerprint density at radius 2 is 1.92 bits per heavy atom. The lowest BCUT2D eigenvalue weighted by Gasteiger charge is -2.21. The van der Waals surface area contributed by atoms with E-state index < -0.39 is 11.7 Å². The topological polar surface area (TPSA) is 35.2 Å².